The van der Waals surface area contributed by atoms with Crippen molar-refractivity contribution in [2.24, 2.45) is 16.6 Å². The predicted molar refractivity (Wildman–Crippen MR) is 159 cm³/mol. The summed E-state index contributed by atoms with van der Waals surface area (Å²) in [6, 6.07) is 30.8. The maximum absolute atomic E-state index is 13.8. The Morgan fingerprint density at radius 1 is 0.825 bits per heavy atom. The number of anilines is 3. The van der Waals surface area contributed by atoms with Crippen LogP contribution in [0.4, 0.5) is 17.1 Å². The normalized spacial score (nSPS) is 15.8. The number of carbonyl (C=O) groups is 1. The van der Waals surface area contributed by atoms with E-state index in [1.807, 2.05) is 54.6 Å². The molecule has 1 amide bonds. The van der Waals surface area contributed by atoms with Crippen LogP contribution in [0.3, 0.4) is 0 Å². The molecule has 5 rings (SSSR count). The summed E-state index contributed by atoms with van der Waals surface area (Å²) in [4.78, 5) is 18.1. The summed E-state index contributed by atoms with van der Waals surface area (Å²) in [6.45, 7) is 1.85. The van der Waals surface area contributed by atoms with Crippen molar-refractivity contribution < 1.29 is 13.2 Å². The van der Waals surface area contributed by atoms with Crippen LogP contribution in [0.2, 0.25) is 0 Å². The average Bonchev–Trinajstić information content (AvgIpc) is 2.97. The van der Waals surface area contributed by atoms with Crippen molar-refractivity contribution in [3.8, 4) is 11.1 Å². The summed E-state index contributed by atoms with van der Waals surface area (Å²) in [5.74, 6) is -0.166. The van der Waals surface area contributed by atoms with Crippen molar-refractivity contribution in [2.75, 3.05) is 34.8 Å². The minimum atomic E-state index is -3.89. The van der Waals surface area contributed by atoms with Crippen molar-refractivity contribution in [1.82, 2.24) is 0 Å². The first-order chi connectivity index (χ1) is 19.2. The zero-order valence-electron chi connectivity index (χ0n) is 21.9. The second-order valence-electron chi connectivity index (χ2n) is 9.72. The van der Waals surface area contributed by atoms with Gasteiger partial charge in [0.1, 0.15) is 6.04 Å². The first-order valence-electron chi connectivity index (χ1n) is 12.9. The number of nitrogens with one attached hydrogen (secondary N) is 1. The third kappa shape index (κ3) is 6.00. The van der Waals surface area contributed by atoms with Gasteiger partial charge < -0.3 is 26.6 Å². The highest BCUT2D eigenvalue weighted by molar-refractivity contribution is 7.89. The van der Waals surface area contributed by atoms with E-state index in [0.717, 1.165) is 23.5 Å². The van der Waals surface area contributed by atoms with Crippen molar-refractivity contribution in [2.45, 2.75) is 17.1 Å². The van der Waals surface area contributed by atoms with Crippen LogP contribution in [0.25, 0.3) is 11.1 Å². The number of piperazine rings is 1. The minimum Gasteiger partial charge on any atom is -0.367 e. The van der Waals surface area contributed by atoms with E-state index in [1.54, 1.807) is 42.5 Å². The quantitative estimate of drug-likeness (QED) is 0.255. The van der Waals surface area contributed by atoms with Crippen molar-refractivity contribution in [1.29, 1.82) is 0 Å². The number of sulfonamides is 1. The number of carbonyl (C=O) groups excluding carboxylic acids is 1. The average molecular weight is 557 g/mol. The van der Waals surface area contributed by atoms with Gasteiger partial charge in [0.15, 0.2) is 0 Å². The van der Waals surface area contributed by atoms with Gasteiger partial charge in [0.2, 0.25) is 15.9 Å². The van der Waals surface area contributed by atoms with Crippen molar-refractivity contribution >= 4 is 33.0 Å². The molecule has 0 bridgehead atoms. The van der Waals surface area contributed by atoms with Crippen LogP contribution in [0.1, 0.15) is 11.7 Å². The van der Waals surface area contributed by atoms with Gasteiger partial charge in [-0.2, -0.15) is 0 Å². The van der Waals surface area contributed by atoms with E-state index in [0.29, 0.717) is 29.9 Å². The van der Waals surface area contributed by atoms with E-state index in [1.165, 1.54) is 6.07 Å². The van der Waals surface area contributed by atoms with Gasteiger partial charge in [-0.1, -0.05) is 60.7 Å². The fourth-order valence-electron chi connectivity index (χ4n) is 5.01. The second-order valence-corrected chi connectivity index (χ2v) is 11.2. The molecule has 1 saturated heterocycles. The predicted octanol–water partition coefficient (Wildman–Crippen LogP) is 3.25. The number of nitrogens with zero attached hydrogens (tertiary/aromatic N) is 2. The zero-order chi connectivity index (χ0) is 28.3. The number of rotatable bonds is 7. The molecule has 4 aromatic carbocycles. The molecule has 40 heavy (non-hydrogen) atoms. The van der Waals surface area contributed by atoms with Crippen LogP contribution >= 0.6 is 0 Å². The van der Waals surface area contributed by atoms with Crippen LogP contribution < -0.4 is 31.7 Å². The number of primary sulfonamides is 1. The molecule has 10 heteroatoms. The highest BCUT2D eigenvalue weighted by atomic mass is 32.2. The van der Waals surface area contributed by atoms with Gasteiger partial charge in [0.25, 0.3) is 0 Å². The van der Waals surface area contributed by atoms with Crippen molar-refractivity contribution in [3.63, 3.8) is 0 Å². The molecular weight excluding hydrogens is 524 g/mol. The van der Waals surface area contributed by atoms with Gasteiger partial charge in [-0.15, -0.1) is 0 Å². The Morgan fingerprint density at radius 3 is 2.20 bits per heavy atom. The molecule has 7 N–H and O–H groups in total. The molecule has 0 aromatic heterocycles. The SMILES string of the molecule is NC(N)c1cccc(N2CCN(c3ccccc3)CC2C(=O)Nc2ccc(-c3ccccc3S(N)(=O)=O)cc2)c1. The molecule has 9 nitrogen and oxygen atoms in total. The lowest BCUT2D eigenvalue weighted by molar-refractivity contribution is -0.117. The molecule has 1 unspecified atom stereocenters. The van der Waals surface area contributed by atoms with Gasteiger partial charge in [-0.3, -0.25) is 4.79 Å². The Labute approximate surface area is 234 Å². The largest absolute Gasteiger partial charge is 0.367 e. The third-order valence-electron chi connectivity index (χ3n) is 7.05. The van der Waals surface area contributed by atoms with Crippen LogP contribution in [0.5, 0.6) is 0 Å². The lowest BCUT2D eigenvalue weighted by atomic mass is 10.0. The molecule has 1 aliphatic rings. The number of hydrogen-bond donors (Lipinski definition) is 4. The first-order valence-corrected chi connectivity index (χ1v) is 14.5. The van der Waals surface area contributed by atoms with E-state index in [2.05, 4.69) is 15.1 Å². The number of hydrogen-bond acceptors (Lipinski definition) is 7. The summed E-state index contributed by atoms with van der Waals surface area (Å²) < 4.78 is 24.1. The lowest BCUT2D eigenvalue weighted by Crippen LogP contribution is -2.58. The summed E-state index contributed by atoms with van der Waals surface area (Å²) in [5, 5.41) is 8.45. The number of amides is 1. The summed E-state index contributed by atoms with van der Waals surface area (Å²) in [7, 11) is -3.89. The Hall–Kier alpha value is -4.22. The van der Waals surface area contributed by atoms with E-state index in [4.69, 9.17) is 16.6 Å². The number of nitrogens with two attached hydrogens (primary N) is 3. The maximum atomic E-state index is 13.8. The monoisotopic (exact) mass is 556 g/mol. The summed E-state index contributed by atoms with van der Waals surface area (Å²) >= 11 is 0. The maximum Gasteiger partial charge on any atom is 0.248 e. The van der Waals surface area contributed by atoms with Gasteiger partial charge in [-0.05, 0) is 53.6 Å². The van der Waals surface area contributed by atoms with Crippen LogP contribution in [-0.2, 0) is 14.8 Å². The van der Waals surface area contributed by atoms with E-state index >= 15 is 0 Å². The van der Waals surface area contributed by atoms with Gasteiger partial charge >= 0.3 is 0 Å². The van der Waals surface area contributed by atoms with Crippen LogP contribution in [-0.4, -0.2) is 40.0 Å². The fourth-order valence-corrected chi connectivity index (χ4v) is 5.77. The number of para-hydroxylation sites is 1. The molecule has 1 atom stereocenters. The Bertz CT molecular complexity index is 1590. The van der Waals surface area contributed by atoms with Gasteiger partial charge in [0.05, 0.1) is 11.1 Å². The van der Waals surface area contributed by atoms with Gasteiger partial charge in [0, 0.05) is 42.3 Å². The lowest BCUT2D eigenvalue weighted by Gasteiger charge is -2.43. The molecule has 1 aliphatic heterocycles. The highest BCUT2D eigenvalue weighted by Gasteiger charge is 2.33. The van der Waals surface area contributed by atoms with Gasteiger partial charge in [-0.25, -0.2) is 13.6 Å². The Morgan fingerprint density at radius 2 is 1.50 bits per heavy atom. The topological polar surface area (TPSA) is 148 Å². The van der Waals surface area contributed by atoms with E-state index < -0.39 is 22.2 Å². The molecule has 0 aliphatic carbocycles. The molecule has 0 saturated carbocycles. The molecule has 0 spiro atoms. The fraction of sp³-hybridized carbons (Fsp3) is 0.167. The highest BCUT2D eigenvalue weighted by Crippen LogP contribution is 2.29. The summed E-state index contributed by atoms with van der Waals surface area (Å²) in [5.41, 5.74) is 16.3. The third-order valence-corrected chi connectivity index (χ3v) is 8.02. The van der Waals surface area contributed by atoms with Crippen LogP contribution in [0, 0.1) is 0 Å². The minimum absolute atomic E-state index is 0.0464. The number of benzene rings is 4. The molecule has 1 heterocycles. The molecule has 1 fully saturated rings. The van der Waals surface area contributed by atoms with Crippen molar-refractivity contribution in [3.05, 3.63) is 109 Å². The van der Waals surface area contributed by atoms with Crippen LogP contribution in [0.15, 0.2) is 108 Å². The Balaban J connectivity index is 1.41. The summed E-state index contributed by atoms with van der Waals surface area (Å²) in [6.07, 6.45) is -0.615. The molecule has 206 valence electrons. The van der Waals surface area contributed by atoms with E-state index in [9.17, 15) is 13.2 Å². The Kier molecular flexibility index (Phi) is 7.85. The zero-order valence-corrected chi connectivity index (χ0v) is 22.7. The van der Waals surface area contributed by atoms with E-state index in [-0.39, 0.29) is 10.8 Å². The molecular formula is C30H32N6O3S. The standard InChI is InChI=1S/C30H32N6O3S/c31-29(32)22-7-6-10-25(19-22)36-18-17-35(24-8-2-1-3-9-24)20-27(36)30(37)34-23-15-13-21(14-16-23)26-11-4-5-12-28(26)40(33,38)39/h1-16,19,27,29H,17-18,20,31-32H2,(H,34,37)(H2,33,38,39). The molecule has 4 aromatic rings. The second kappa shape index (κ2) is 11.5. The smallest absolute Gasteiger partial charge is 0.248 e. The first kappa shape index (κ1) is 27.4. The molecule has 0 radical (unpaired) electrons.